The van der Waals surface area contributed by atoms with Crippen molar-refractivity contribution >= 4 is 38.9 Å². The van der Waals surface area contributed by atoms with Crippen LogP contribution < -0.4 is 5.73 Å². The lowest BCUT2D eigenvalue weighted by molar-refractivity contribution is 0.0746. The molecule has 2 aromatic rings. The smallest absolute Gasteiger partial charge is 0.256 e. The number of hydrogen-bond acceptors (Lipinski definition) is 3. The molecule has 100 valence electrons. The van der Waals surface area contributed by atoms with E-state index in [1.165, 1.54) is 0 Å². The number of hydrogen-bond donors (Lipinski definition) is 1. The van der Waals surface area contributed by atoms with Crippen molar-refractivity contribution in [1.29, 1.82) is 0 Å². The fourth-order valence-corrected chi connectivity index (χ4v) is 3.02. The average Bonchev–Trinajstić information content (AvgIpc) is 2.90. The minimum Gasteiger partial charge on any atom is -0.398 e. The Morgan fingerprint density at radius 1 is 1.42 bits per heavy atom. The molecular weight excluding hydrogens is 324 g/mol. The monoisotopic (exact) mass is 338 g/mol. The molecule has 0 saturated heterocycles. The van der Waals surface area contributed by atoms with E-state index in [1.807, 2.05) is 30.5 Å². The van der Waals surface area contributed by atoms with Gasteiger partial charge in [-0.3, -0.25) is 4.79 Å². The van der Waals surface area contributed by atoms with Crippen LogP contribution in [0.25, 0.3) is 0 Å². The summed E-state index contributed by atoms with van der Waals surface area (Å²) < 4.78 is 0.871. The zero-order valence-electron chi connectivity index (χ0n) is 10.8. The molecule has 5 heteroatoms. The number of nitrogens with two attached hydrogens (primary N) is 1. The molecule has 0 aliphatic carbocycles. The molecule has 2 rings (SSSR count). The number of carbonyl (C=O) groups is 1. The molecule has 19 heavy (non-hydrogen) atoms. The number of halogens is 1. The maximum Gasteiger partial charge on any atom is 0.256 e. The standard InChI is InChI=1S/C14H15BrN2OS/c1-9(13-4-3-7-19-13)17(2)14(18)11-6-5-10(15)8-12(11)16/h3-9H,16H2,1-2H3. The number of carbonyl (C=O) groups excluding carboxylic acids is 1. The van der Waals surface area contributed by atoms with Gasteiger partial charge in [0.1, 0.15) is 0 Å². The molecule has 0 spiro atoms. The van der Waals surface area contributed by atoms with E-state index in [1.54, 1.807) is 35.4 Å². The van der Waals surface area contributed by atoms with E-state index >= 15 is 0 Å². The Kier molecular flexibility index (Phi) is 4.27. The zero-order valence-corrected chi connectivity index (χ0v) is 13.2. The Morgan fingerprint density at radius 3 is 2.74 bits per heavy atom. The SMILES string of the molecule is CC(c1cccs1)N(C)C(=O)c1ccc(Br)cc1N. The Labute approximate surface area is 125 Å². The topological polar surface area (TPSA) is 46.3 Å². The predicted octanol–water partition coefficient (Wildman–Crippen LogP) is 3.93. The van der Waals surface area contributed by atoms with Crippen LogP contribution >= 0.6 is 27.3 Å². The Morgan fingerprint density at radius 2 is 2.16 bits per heavy atom. The molecule has 0 aliphatic heterocycles. The predicted molar refractivity (Wildman–Crippen MR) is 83.4 cm³/mol. The van der Waals surface area contributed by atoms with Gasteiger partial charge >= 0.3 is 0 Å². The molecule has 0 bridgehead atoms. The number of anilines is 1. The average molecular weight is 339 g/mol. The molecule has 3 nitrogen and oxygen atoms in total. The number of amides is 1. The normalized spacial score (nSPS) is 12.2. The van der Waals surface area contributed by atoms with Gasteiger partial charge in [-0.1, -0.05) is 22.0 Å². The molecule has 1 aromatic heterocycles. The zero-order chi connectivity index (χ0) is 14.0. The van der Waals surface area contributed by atoms with Crippen LogP contribution in [-0.4, -0.2) is 17.9 Å². The van der Waals surface area contributed by atoms with Gasteiger partial charge in [-0.25, -0.2) is 0 Å². The number of rotatable bonds is 3. The fraction of sp³-hybridized carbons (Fsp3) is 0.214. The first kappa shape index (κ1) is 14.1. The summed E-state index contributed by atoms with van der Waals surface area (Å²) in [7, 11) is 1.80. The largest absolute Gasteiger partial charge is 0.398 e. The molecule has 0 fully saturated rings. The maximum absolute atomic E-state index is 12.4. The lowest BCUT2D eigenvalue weighted by Gasteiger charge is -2.24. The Hall–Kier alpha value is -1.33. The second-order valence-corrected chi connectivity index (χ2v) is 6.23. The van der Waals surface area contributed by atoms with Crippen LogP contribution in [-0.2, 0) is 0 Å². The van der Waals surface area contributed by atoms with Crippen molar-refractivity contribution in [2.75, 3.05) is 12.8 Å². The highest BCUT2D eigenvalue weighted by molar-refractivity contribution is 9.10. The molecule has 0 saturated carbocycles. The van der Waals surface area contributed by atoms with Gasteiger partial charge in [0.25, 0.3) is 5.91 Å². The third kappa shape index (κ3) is 2.98. The van der Waals surface area contributed by atoms with E-state index in [0.29, 0.717) is 11.3 Å². The second kappa shape index (κ2) is 5.75. The van der Waals surface area contributed by atoms with Gasteiger partial charge in [-0.05, 0) is 36.6 Å². The van der Waals surface area contributed by atoms with Crippen LogP contribution in [0.5, 0.6) is 0 Å². The van der Waals surface area contributed by atoms with Crippen molar-refractivity contribution < 1.29 is 4.79 Å². The molecule has 2 N–H and O–H groups in total. The Balaban J connectivity index is 2.24. The van der Waals surface area contributed by atoms with Crippen molar-refractivity contribution in [3.63, 3.8) is 0 Å². The summed E-state index contributed by atoms with van der Waals surface area (Å²) in [6, 6.07) is 9.38. The molecule has 1 heterocycles. The molecular formula is C14H15BrN2OS. The van der Waals surface area contributed by atoms with Crippen LogP contribution in [0.1, 0.15) is 28.2 Å². The molecule has 1 aromatic carbocycles. The summed E-state index contributed by atoms with van der Waals surface area (Å²) in [4.78, 5) is 15.3. The molecule has 0 radical (unpaired) electrons. The summed E-state index contributed by atoms with van der Waals surface area (Å²) in [5, 5.41) is 2.01. The van der Waals surface area contributed by atoms with Crippen molar-refractivity contribution in [2.24, 2.45) is 0 Å². The maximum atomic E-state index is 12.4. The molecule has 1 unspecified atom stereocenters. The highest BCUT2D eigenvalue weighted by Crippen LogP contribution is 2.26. The third-order valence-electron chi connectivity index (χ3n) is 3.10. The number of thiophene rings is 1. The van der Waals surface area contributed by atoms with E-state index in [9.17, 15) is 4.79 Å². The van der Waals surface area contributed by atoms with Gasteiger partial charge < -0.3 is 10.6 Å². The minimum atomic E-state index is -0.0640. The van der Waals surface area contributed by atoms with Crippen molar-refractivity contribution in [1.82, 2.24) is 4.90 Å². The fourth-order valence-electron chi connectivity index (χ4n) is 1.81. The van der Waals surface area contributed by atoms with Crippen molar-refractivity contribution in [2.45, 2.75) is 13.0 Å². The van der Waals surface area contributed by atoms with Crippen LogP contribution in [0, 0.1) is 0 Å². The number of nitrogen functional groups attached to an aromatic ring is 1. The quantitative estimate of drug-likeness (QED) is 0.862. The van der Waals surface area contributed by atoms with E-state index in [4.69, 9.17) is 5.73 Å². The van der Waals surface area contributed by atoms with Gasteiger partial charge in [0.2, 0.25) is 0 Å². The van der Waals surface area contributed by atoms with Crippen molar-refractivity contribution in [3.05, 3.63) is 50.6 Å². The van der Waals surface area contributed by atoms with Gasteiger partial charge in [0, 0.05) is 22.1 Å². The van der Waals surface area contributed by atoms with Crippen LogP contribution in [0.2, 0.25) is 0 Å². The van der Waals surface area contributed by atoms with E-state index in [0.717, 1.165) is 9.35 Å². The van der Waals surface area contributed by atoms with Gasteiger partial charge in [0.05, 0.1) is 11.6 Å². The van der Waals surface area contributed by atoms with Crippen molar-refractivity contribution in [3.8, 4) is 0 Å². The highest BCUT2D eigenvalue weighted by Gasteiger charge is 2.21. The molecule has 1 amide bonds. The lowest BCUT2D eigenvalue weighted by Crippen LogP contribution is -2.29. The molecule has 0 aliphatic rings. The first-order valence-electron chi connectivity index (χ1n) is 5.86. The van der Waals surface area contributed by atoms with Crippen LogP contribution in [0.4, 0.5) is 5.69 Å². The van der Waals surface area contributed by atoms with Gasteiger partial charge in [0.15, 0.2) is 0 Å². The summed E-state index contributed by atoms with van der Waals surface area (Å²) >= 11 is 4.99. The Bertz CT molecular complexity index is 583. The first-order chi connectivity index (χ1) is 9.00. The van der Waals surface area contributed by atoms with E-state index in [-0.39, 0.29) is 11.9 Å². The summed E-state index contributed by atoms with van der Waals surface area (Å²) in [5.74, 6) is -0.0640. The number of nitrogens with zero attached hydrogens (tertiary/aromatic N) is 1. The lowest BCUT2D eigenvalue weighted by atomic mass is 10.1. The molecule has 1 atom stereocenters. The van der Waals surface area contributed by atoms with Gasteiger partial charge in [-0.15, -0.1) is 11.3 Å². The van der Waals surface area contributed by atoms with Crippen LogP contribution in [0.15, 0.2) is 40.2 Å². The summed E-state index contributed by atoms with van der Waals surface area (Å²) in [5.41, 5.74) is 6.93. The third-order valence-corrected chi connectivity index (χ3v) is 4.64. The van der Waals surface area contributed by atoms with Crippen LogP contribution in [0.3, 0.4) is 0 Å². The summed E-state index contributed by atoms with van der Waals surface area (Å²) in [6.45, 7) is 2.01. The first-order valence-corrected chi connectivity index (χ1v) is 7.53. The highest BCUT2D eigenvalue weighted by atomic mass is 79.9. The van der Waals surface area contributed by atoms with E-state index < -0.39 is 0 Å². The minimum absolute atomic E-state index is 0.0375. The number of benzene rings is 1. The summed E-state index contributed by atoms with van der Waals surface area (Å²) in [6.07, 6.45) is 0. The second-order valence-electron chi connectivity index (χ2n) is 4.34. The van der Waals surface area contributed by atoms with Gasteiger partial charge in [-0.2, -0.15) is 0 Å². The van der Waals surface area contributed by atoms with E-state index in [2.05, 4.69) is 15.9 Å².